The second kappa shape index (κ2) is 5.11. The summed E-state index contributed by atoms with van der Waals surface area (Å²) in [6.07, 6.45) is 8.74. The van der Waals surface area contributed by atoms with Gasteiger partial charge in [0, 0.05) is 11.1 Å². The molecule has 0 amide bonds. The maximum Gasteiger partial charge on any atom is 0.193 e. The van der Waals surface area contributed by atoms with Gasteiger partial charge in [-0.15, -0.1) is 0 Å². The van der Waals surface area contributed by atoms with Crippen molar-refractivity contribution in [1.29, 1.82) is 0 Å². The molecule has 0 aliphatic heterocycles. The van der Waals surface area contributed by atoms with Crippen molar-refractivity contribution >= 4 is 5.78 Å². The highest BCUT2D eigenvalue weighted by Gasteiger charge is 2.19. The number of allylic oxidation sites excluding steroid dienone is 6. The lowest BCUT2D eigenvalue weighted by Crippen LogP contribution is -1.93. The molecule has 2 rings (SSSR count). The molecule has 0 unspecified atom stereocenters. The summed E-state index contributed by atoms with van der Waals surface area (Å²) in [5.41, 5.74) is 1.67. The number of hydrogen-bond donors (Lipinski definition) is 0. The van der Waals surface area contributed by atoms with Gasteiger partial charge in [-0.25, -0.2) is 0 Å². The predicted molar refractivity (Wildman–Crippen MR) is 64.6 cm³/mol. The van der Waals surface area contributed by atoms with Crippen molar-refractivity contribution in [2.45, 2.75) is 34.1 Å². The summed E-state index contributed by atoms with van der Waals surface area (Å²) in [5.74, 6) is 1.94. The third-order valence-corrected chi connectivity index (χ3v) is 2.35. The molecule has 0 radical (unpaired) electrons. The van der Waals surface area contributed by atoms with Crippen molar-refractivity contribution in [3.63, 3.8) is 0 Å². The van der Waals surface area contributed by atoms with E-state index in [2.05, 4.69) is 27.7 Å². The summed E-state index contributed by atoms with van der Waals surface area (Å²) in [6.45, 7) is 9.06. The van der Waals surface area contributed by atoms with Crippen LogP contribution < -0.4 is 0 Å². The maximum atomic E-state index is 10.8. The molecule has 0 fully saturated rings. The second-order valence-corrected chi connectivity index (χ2v) is 4.93. The minimum atomic E-state index is 0.185. The molecule has 0 saturated carbocycles. The molecule has 2 bridgehead atoms. The number of fused-ring (bicyclic) bond motifs is 2. The smallest absolute Gasteiger partial charge is 0.193 e. The van der Waals surface area contributed by atoms with E-state index in [1.165, 1.54) is 6.42 Å². The lowest BCUT2D eigenvalue weighted by Gasteiger charge is -2.05. The highest BCUT2D eigenvalue weighted by Crippen LogP contribution is 2.23. The van der Waals surface area contributed by atoms with Crippen LogP contribution in [0.5, 0.6) is 0 Å². The summed E-state index contributed by atoms with van der Waals surface area (Å²) < 4.78 is 0. The molecular formula is C14H20O. The first-order valence-electron chi connectivity index (χ1n) is 5.65. The van der Waals surface area contributed by atoms with Crippen molar-refractivity contribution in [1.82, 2.24) is 0 Å². The first-order valence-corrected chi connectivity index (χ1v) is 5.65. The Labute approximate surface area is 92.6 Å². The van der Waals surface area contributed by atoms with E-state index in [1.807, 2.05) is 24.3 Å². The molecule has 2 aliphatic carbocycles. The molecular weight excluding hydrogens is 184 g/mol. The van der Waals surface area contributed by atoms with Gasteiger partial charge in [-0.1, -0.05) is 52.0 Å². The number of Topliss-reactive ketones (excluding diaryl/α,β-unsaturated/α-hetero) is 1. The quantitative estimate of drug-likeness (QED) is 0.670. The second-order valence-electron chi connectivity index (χ2n) is 4.93. The van der Waals surface area contributed by atoms with Crippen LogP contribution in [0.2, 0.25) is 0 Å². The topological polar surface area (TPSA) is 17.1 Å². The normalized spacial score (nSPS) is 16.8. The number of carbonyl (C=O) groups excluding carboxylic acids is 1. The van der Waals surface area contributed by atoms with Crippen LogP contribution in [-0.2, 0) is 4.79 Å². The third-order valence-electron chi connectivity index (χ3n) is 2.35. The number of rotatable bonds is 2. The van der Waals surface area contributed by atoms with E-state index < -0.39 is 0 Å². The Morgan fingerprint density at radius 3 is 1.40 bits per heavy atom. The molecule has 0 saturated heterocycles. The monoisotopic (exact) mass is 204 g/mol. The molecule has 0 N–H and O–H groups in total. The first-order chi connectivity index (χ1) is 7.00. The molecule has 0 spiro atoms. The van der Waals surface area contributed by atoms with E-state index in [1.54, 1.807) is 0 Å². The van der Waals surface area contributed by atoms with E-state index in [9.17, 15) is 4.79 Å². The van der Waals surface area contributed by atoms with E-state index >= 15 is 0 Å². The fourth-order valence-electron chi connectivity index (χ4n) is 1.88. The summed E-state index contributed by atoms with van der Waals surface area (Å²) in [7, 11) is 0. The minimum Gasteiger partial charge on any atom is -0.289 e. The van der Waals surface area contributed by atoms with Crippen LogP contribution in [0.25, 0.3) is 0 Å². The van der Waals surface area contributed by atoms with Crippen LogP contribution in [-0.4, -0.2) is 5.78 Å². The molecule has 1 heteroatoms. The Kier molecular flexibility index (Phi) is 4.07. The zero-order valence-electron chi connectivity index (χ0n) is 10.1. The fraction of sp³-hybridized carbons (Fsp3) is 0.500. The number of carbonyl (C=O) groups is 1. The Morgan fingerprint density at radius 2 is 1.33 bits per heavy atom. The zero-order chi connectivity index (χ0) is 11.4. The predicted octanol–water partition coefficient (Wildman–Crippen LogP) is 3.68. The van der Waals surface area contributed by atoms with Crippen LogP contribution in [0.4, 0.5) is 0 Å². The molecule has 2 aliphatic rings. The van der Waals surface area contributed by atoms with Gasteiger partial charge >= 0.3 is 0 Å². The fourth-order valence-corrected chi connectivity index (χ4v) is 1.88. The van der Waals surface area contributed by atoms with Gasteiger partial charge in [0.05, 0.1) is 0 Å². The van der Waals surface area contributed by atoms with Crippen molar-refractivity contribution in [2.75, 3.05) is 0 Å². The summed E-state index contributed by atoms with van der Waals surface area (Å²) in [6, 6.07) is 0. The molecule has 15 heavy (non-hydrogen) atoms. The lowest BCUT2D eigenvalue weighted by atomic mass is 10.0. The standard InChI is InChI=1S/C7H4O.C7H16/c8-7-5-1-2-6(7)4-3-5;1-6(2)5-7(3)4/h1-4H;6-7H,5H2,1-4H3. The number of ketones is 1. The van der Waals surface area contributed by atoms with Gasteiger partial charge in [-0.05, 0) is 18.3 Å². The number of hydrogen-bond acceptors (Lipinski definition) is 1. The van der Waals surface area contributed by atoms with Gasteiger partial charge in [-0.3, -0.25) is 4.79 Å². The molecule has 0 atom stereocenters. The van der Waals surface area contributed by atoms with Crippen molar-refractivity contribution in [3.05, 3.63) is 35.5 Å². The van der Waals surface area contributed by atoms with E-state index in [0.717, 1.165) is 23.0 Å². The van der Waals surface area contributed by atoms with E-state index in [0.29, 0.717) is 0 Å². The average molecular weight is 204 g/mol. The van der Waals surface area contributed by atoms with Crippen molar-refractivity contribution in [2.24, 2.45) is 11.8 Å². The maximum absolute atomic E-state index is 10.8. The van der Waals surface area contributed by atoms with Gasteiger partial charge in [0.2, 0.25) is 0 Å². The van der Waals surface area contributed by atoms with Crippen LogP contribution in [0, 0.1) is 11.8 Å². The molecule has 82 valence electrons. The largest absolute Gasteiger partial charge is 0.289 e. The van der Waals surface area contributed by atoms with E-state index in [-0.39, 0.29) is 5.78 Å². The SMILES string of the molecule is CC(C)CC(C)C.O=C1C2=CC=C1C=C2. The van der Waals surface area contributed by atoms with Gasteiger partial charge in [0.15, 0.2) is 5.78 Å². The Hall–Kier alpha value is -1.11. The van der Waals surface area contributed by atoms with Crippen LogP contribution in [0.15, 0.2) is 35.5 Å². The van der Waals surface area contributed by atoms with E-state index in [4.69, 9.17) is 0 Å². The Bertz CT molecular complexity index is 297. The summed E-state index contributed by atoms with van der Waals surface area (Å²) in [5, 5.41) is 0. The summed E-state index contributed by atoms with van der Waals surface area (Å²) >= 11 is 0. The zero-order valence-corrected chi connectivity index (χ0v) is 10.1. The van der Waals surface area contributed by atoms with Crippen molar-refractivity contribution < 1.29 is 4.79 Å². The molecule has 0 heterocycles. The third kappa shape index (κ3) is 3.50. The summed E-state index contributed by atoms with van der Waals surface area (Å²) in [4.78, 5) is 10.8. The average Bonchev–Trinajstić information content (AvgIpc) is 2.63. The minimum absolute atomic E-state index is 0.185. The molecule has 0 aromatic heterocycles. The van der Waals surface area contributed by atoms with Gasteiger partial charge in [0.1, 0.15) is 0 Å². The Balaban J connectivity index is 0.000000153. The highest BCUT2D eigenvalue weighted by molar-refractivity contribution is 6.17. The molecule has 0 aromatic carbocycles. The molecule has 1 nitrogen and oxygen atoms in total. The van der Waals surface area contributed by atoms with Crippen LogP contribution in [0.1, 0.15) is 34.1 Å². The highest BCUT2D eigenvalue weighted by atomic mass is 16.1. The first kappa shape index (κ1) is 12.0. The lowest BCUT2D eigenvalue weighted by molar-refractivity contribution is -0.111. The van der Waals surface area contributed by atoms with Gasteiger partial charge in [0.25, 0.3) is 0 Å². The molecule has 0 aromatic rings. The van der Waals surface area contributed by atoms with Crippen LogP contribution >= 0.6 is 0 Å². The Morgan fingerprint density at radius 1 is 0.933 bits per heavy atom. The van der Waals surface area contributed by atoms with Gasteiger partial charge in [-0.2, -0.15) is 0 Å². The van der Waals surface area contributed by atoms with Crippen LogP contribution in [0.3, 0.4) is 0 Å². The van der Waals surface area contributed by atoms with Crippen molar-refractivity contribution in [3.8, 4) is 0 Å². The van der Waals surface area contributed by atoms with Gasteiger partial charge < -0.3 is 0 Å².